The van der Waals surface area contributed by atoms with Crippen molar-refractivity contribution in [1.82, 2.24) is 15.1 Å². The third-order valence-electron chi connectivity index (χ3n) is 4.13. The van der Waals surface area contributed by atoms with Gasteiger partial charge in [0.1, 0.15) is 0 Å². The number of nitrogens with one attached hydrogen (secondary N) is 1. The second kappa shape index (κ2) is 7.10. The van der Waals surface area contributed by atoms with Crippen LogP contribution in [0.15, 0.2) is 0 Å². The molecule has 0 aromatic rings. The van der Waals surface area contributed by atoms with Gasteiger partial charge in [0.2, 0.25) is 0 Å². The molecule has 0 spiro atoms. The highest BCUT2D eigenvalue weighted by Crippen LogP contribution is 2.14. The van der Waals surface area contributed by atoms with Crippen LogP contribution in [-0.2, 0) is 0 Å². The van der Waals surface area contributed by atoms with Gasteiger partial charge in [0, 0.05) is 32.7 Å². The van der Waals surface area contributed by atoms with Crippen molar-refractivity contribution in [3.8, 4) is 0 Å². The summed E-state index contributed by atoms with van der Waals surface area (Å²) in [4.78, 5) is 16.1. The number of piperidine rings is 2. The number of amides is 2. The fraction of sp³-hybridized carbons (Fsp3) is 0.929. The molecule has 2 amide bonds. The standard InChI is InChI=1S/C14H27N3O2/c1-12-4-2-7-16(10-12)9-6-15-14(19)17-8-3-5-13(18)11-17/h12-13,18H,2-11H2,1H3,(H,15,19). The predicted molar refractivity (Wildman–Crippen MR) is 75.1 cm³/mol. The van der Waals surface area contributed by atoms with Gasteiger partial charge in [-0.15, -0.1) is 0 Å². The Balaban J connectivity index is 1.63. The molecule has 2 atom stereocenters. The van der Waals surface area contributed by atoms with Crippen LogP contribution in [-0.4, -0.2) is 66.3 Å². The molecule has 5 nitrogen and oxygen atoms in total. The lowest BCUT2D eigenvalue weighted by molar-refractivity contribution is 0.0838. The predicted octanol–water partition coefficient (Wildman–Crippen LogP) is 0.885. The molecule has 2 N–H and O–H groups in total. The molecule has 5 heteroatoms. The summed E-state index contributed by atoms with van der Waals surface area (Å²) in [6.07, 6.45) is 3.97. The number of rotatable bonds is 3. The maximum Gasteiger partial charge on any atom is 0.317 e. The van der Waals surface area contributed by atoms with Crippen molar-refractivity contribution in [2.45, 2.75) is 38.7 Å². The van der Waals surface area contributed by atoms with Crippen molar-refractivity contribution in [3.05, 3.63) is 0 Å². The third-order valence-corrected chi connectivity index (χ3v) is 4.13. The van der Waals surface area contributed by atoms with Crippen LogP contribution in [0.25, 0.3) is 0 Å². The van der Waals surface area contributed by atoms with Crippen LogP contribution in [0, 0.1) is 5.92 Å². The number of carbonyl (C=O) groups is 1. The highest BCUT2D eigenvalue weighted by Gasteiger charge is 2.22. The molecule has 0 bridgehead atoms. The van der Waals surface area contributed by atoms with Crippen LogP contribution in [0.5, 0.6) is 0 Å². The summed E-state index contributed by atoms with van der Waals surface area (Å²) >= 11 is 0. The number of hydrogen-bond donors (Lipinski definition) is 2. The molecule has 2 rings (SSSR count). The maximum absolute atomic E-state index is 11.9. The Labute approximate surface area is 115 Å². The number of urea groups is 1. The Bertz CT molecular complexity index is 298. The zero-order valence-electron chi connectivity index (χ0n) is 12.0. The minimum absolute atomic E-state index is 0.0243. The van der Waals surface area contributed by atoms with E-state index in [9.17, 15) is 9.90 Å². The lowest BCUT2D eigenvalue weighted by Crippen LogP contribution is -2.49. The Kier molecular flexibility index (Phi) is 5.45. The molecule has 2 fully saturated rings. The topological polar surface area (TPSA) is 55.8 Å². The molecule has 0 aliphatic carbocycles. The number of aliphatic hydroxyl groups is 1. The average Bonchev–Trinajstić information content (AvgIpc) is 2.38. The summed E-state index contributed by atoms with van der Waals surface area (Å²) in [5.74, 6) is 0.779. The summed E-state index contributed by atoms with van der Waals surface area (Å²) in [7, 11) is 0. The van der Waals surface area contributed by atoms with E-state index in [0.29, 0.717) is 13.1 Å². The SMILES string of the molecule is CC1CCCN(CCNC(=O)N2CCCC(O)C2)C1. The highest BCUT2D eigenvalue weighted by molar-refractivity contribution is 5.74. The fourth-order valence-corrected chi connectivity index (χ4v) is 3.06. The number of hydrogen-bond acceptors (Lipinski definition) is 3. The normalized spacial score (nSPS) is 29.3. The first-order chi connectivity index (χ1) is 9.15. The Morgan fingerprint density at radius 3 is 2.79 bits per heavy atom. The molecule has 2 aliphatic heterocycles. The van der Waals surface area contributed by atoms with Crippen LogP contribution >= 0.6 is 0 Å². The first-order valence-electron chi connectivity index (χ1n) is 7.58. The minimum Gasteiger partial charge on any atom is -0.391 e. The zero-order chi connectivity index (χ0) is 13.7. The first kappa shape index (κ1) is 14.6. The van der Waals surface area contributed by atoms with Crippen molar-refractivity contribution in [3.63, 3.8) is 0 Å². The van der Waals surface area contributed by atoms with Gasteiger partial charge in [0.05, 0.1) is 6.10 Å². The van der Waals surface area contributed by atoms with Gasteiger partial charge in [-0.2, -0.15) is 0 Å². The van der Waals surface area contributed by atoms with Crippen LogP contribution < -0.4 is 5.32 Å². The maximum atomic E-state index is 11.9. The van der Waals surface area contributed by atoms with Gasteiger partial charge < -0.3 is 20.2 Å². The smallest absolute Gasteiger partial charge is 0.317 e. The number of carbonyl (C=O) groups excluding carboxylic acids is 1. The van der Waals surface area contributed by atoms with Crippen LogP contribution in [0.4, 0.5) is 4.79 Å². The summed E-state index contributed by atoms with van der Waals surface area (Å²) in [6.45, 7) is 7.49. The molecule has 2 aliphatic rings. The quantitative estimate of drug-likeness (QED) is 0.800. The molecule has 2 unspecified atom stereocenters. The Morgan fingerprint density at radius 1 is 1.26 bits per heavy atom. The second-order valence-electron chi connectivity index (χ2n) is 6.02. The highest BCUT2D eigenvalue weighted by atomic mass is 16.3. The van der Waals surface area contributed by atoms with Crippen molar-refractivity contribution >= 4 is 6.03 Å². The lowest BCUT2D eigenvalue weighted by Gasteiger charge is -2.32. The third kappa shape index (κ3) is 4.66. The van der Waals surface area contributed by atoms with Crippen molar-refractivity contribution in [1.29, 1.82) is 0 Å². The van der Waals surface area contributed by atoms with Crippen LogP contribution in [0.2, 0.25) is 0 Å². The van der Waals surface area contributed by atoms with E-state index in [1.54, 1.807) is 4.90 Å². The summed E-state index contributed by atoms with van der Waals surface area (Å²) in [5.41, 5.74) is 0. The Morgan fingerprint density at radius 2 is 2.05 bits per heavy atom. The van der Waals surface area contributed by atoms with Crippen molar-refractivity contribution < 1.29 is 9.90 Å². The van der Waals surface area contributed by atoms with E-state index in [0.717, 1.165) is 44.9 Å². The van der Waals surface area contributed by atoms with E-state index < -0.39 is 0 Å². The van der Waals surface area contributed by atoms with Gasteiger partial charge in [-0.05, 0) is 38.1 Å². The largest absolute Gasteiger partial charge is 0.391 e. The van der Waals surface area contributed by atoms with Gasteiger partial charge in [-0.3, -0.25) is 0 Å². The fourth-order valence-electron chi connectivity index (χ4n) is 3.06. The molecule has 0 radical (unpaired) electrons. The van der Waals surface area contributed by atoms with E-state index in [2.05, 4.69) is 17.1 Å². The Hall–Kier alpha value is -0.810. The second-order valence-corrected chi connectivity index (χ2v) is 6.02. The summed E-state index contributed by atoms with van der Waals surface area (Å²) < 4.78 is 0. The van der Waals surface area contributed by atoms with Gasteiger partial charge >= 0.3 is 6.03 Å². The number of nitrogens with zero attached hydrogens (tertiary/aromatic N) is 2. The number of aliphatic hydroxyl groups excluding tert-OH is 1. The van der Waals surface area contributed by atoms with Crippen molar-refractivity contribution in [2.75, 3.05) is 39.3 Å². The average molecular weight is 269 g/mol. The molecule has 110 valence electrons. The molecular weight excluding hydrogens is 242 g/mol. The number of β-amino-alcohol motifs (C(OH)–C–C–N with tert-alkyl or cyclic N) is 1. The monoisotopic (exact) mass is 269 g/mol. The number of likely N-dealkylation sites (tertiary alicyclic amines) is 2. The molecule has 2 heterocycles. The van der Waals surface area contributed by atoms with Gasteiger partial charge in [-0.1, -0.05) is 6.92 Å². The minimum atomic E-state index is -0.345. The van der Waals surface area contributed by atoms with Gasteiger partial charge in [0.25, 0.3) is 0 Å². The summed E-state index contributed by atoms with van der Waals surface area (Å²) in [5, 5.41) is 12.5. The molecule has 0 aromatic carbocycles. The van der Waals surface area contributed by atoms with E-state index in [-0.39, 0.29) is 12.1 Å². The molecule has 19 heavy (non-hydrogen) atoms. The summed E-state index contributed by atoms with van der Waals surface area (Å²) in [6, 6.07) is -0.0243. The van der Waals surface area contributed by atoms with E-state index in [4.69, 9.17) is 0 Å². The van der Waals surface area contributed by atoms with Crippen LogP contribution in [0.3, 0.4) is 0 Å². The molecule has 0 saturated carbocycles. The molecule has 0 aromatic heterocycles. The van der Waals surface area contributed by atoms with Gasteiger partial charge in [0.15, 0.2) is 0 Å². The molecular formula is C14H27N3O2. The van der Waals surface area contributed by atoms with Gasteiger partial charge in [-0.25, -0.2) is 4.79 Å². The van der Waals surface area contributed by atoms with Crippen LogP contribution in [0.1, 0.15) is 32.6 Å². The zero-order valence-corrected chi connectivity index (χ0v) is 12.0. The molecule has 2 saturated heterocycles. The lowest BCUT2D eigenvalue weighted by atomic mass is 10.0. The van der Waals surface area contributed by atoms with E-state index in [1.807, 2.05) is 0 Å². The van der Waals surface area contributed by atoms with Crippen molar-refractivity contribution in [2.24, 2.45) is 5.92 Å². The van der Waals surface area contributed by atoms with E-state index in [1.165, 1.54) is 12.8 Å². The first-order valence-corrected chi connectivity index (χ1v) is 7.58. The van der Waals surface area contributed by atoms with E-state index >= 15 is 0 Å².